The van der Waals surface area contributed by atoms with Crippen molar-refractivity contribution < 1.29 is 4.79 Å². The van der Waals surface area contributed by atoms with Crippen LogP contribution in [0.25, 0.3) is 0 Å². The van der Waals surface area contributed by atoms with Gasteiger partial charge in [0.05, 0.1) is 0 Å². The van der Waals surface area contributed by atoms with Gasteiger partial charge in [-0.3, -0.25) is 4.79 Å². The van der Waals surface area contributed by atoms with E-state index in [9.17, 15) is 4.79 Å². The number of nitrogens with two attached hydrogens (primary N) is 1. The van der Waals surface area contributed by atoms with Gasteiger partial charge in [0.15, 0.2) is 0 Å². The minimum atomic E-state index is -0.0250. The highest BCUT2D eigenvalue weighted by molar-refractivity contribution is 9.10. The molecule has 0 saturated heterocycles. The molecule has 0 bridgehead atoms. The van der Waals surface area contributed by atoms with Crippen molar-refractivity contribution in [3.05, 3.63) is 33.8 Å². The Balaban J connectivity index is 2.06. The molecule has 2 unspecified atom stereocenters. The summed E-state index contributed by atoms with van der Waals surface area (Å²) >= 11 is 3.42. The quantitative estimate of drug-likeness (QED) is 0.880. The first-order chi connectivity index (χ1) is 8.08. The van der Waals surface area contributed by atoms with Crippen molar-refractivity contribution in [3.63, 3.8) is 0 Å². The molecule has 3 nitrogen and oxygen atoms in total. The van der Waals surface area contributed by atoms with Crippen molar-refractivity contribution in [1.82, 2.24) is 5.32 Å². The predicted molar refractivity (Wildman–Crippen MR) is 72.0 cm³/mol. The molecule has 0 aromatic heterocycles. The number of benzene rings is 1. The zero-order valence-corrected chi connectivity index (χ0v) is 11.5. The molecule has 0 heterocycles. The third kappa shape index (κ3) is 2.87. The first-order valence-electron chi connectivity index (χ1n) is 5.90. The van der Waals surface area contributed by atoms with Gasteiger partial charge in [-0.05, 0) is 49.9 Å². The summed E-state index contributed by atoms with van der Waals surface area (Å²) < 4.78 is 1.02. The van der Waals surface area contributed by atoms with E-state index in [1.807, 2.05) is 25.1 Å². The largest absolute Gasteiger partial charge is 0.348 e. The average Bonchev–Trinajstić information content (AvgIpc) is 2.68. The molecular weight excluding hydrogens is 280 g/mol. The van der Waals surface area contributed by atoms with Crippen LogP contribution in [0.1, 0.15) is 35.2 Å². The van der Waals surface area contributed by atoms with Crippen molar-refractivity contribution >= 4 is 21.8 Å². The fourth-order valence-electron chi connectivity index (χ4n) is 2.21. The zero-order chi connectivity index (χ0) is 12.4. The second-order valence-electron chi connectivity index (χ2n) is 4.64. The van der Waals surface area contributed by atoms with Gasteiger partial charge in [-0.2, -0.15) is 0 Å². The Bertz CT molecular complexity index is 433. The van der Waals surface area contributed by atoms with Crippen molar-refractivity contribution in [2.75, 3.05) is 0 Å². The molecule has 1 saturated carbocycles. The standard InChI is InChI=1S/C13H17BrN2O/c1-8-7-9(5-6-10(8)14)13(17)16-12-4-2-3-11(12)15/h5-7,11-12H,2-4,15H2,1H3,(H,16,17). The van der Waals surface area contributed by atoms with Crippen LogP contribution in [0.2, 0.25) is 0 Å². The summed E-state index contributed by atoms with van der Waals surface area (Å²) in [6, 6.07) is 5.85. The van der Waals surface area contributed by atoms with Crippen molar-refractivity contribution in [2.24, 2.45) is 5.73 Å². The first kappa shape index (κ1) is 12.6. The van der Waals surface area contributed by atoms with E-state index < -0.39 is 0 Å². The average molecular weight is 297 g/mol. The van der Waals surface area contributed by atoms with Crippen LogP contribution in [0.3, 0.4) is 0 Å². The topological polar surface area (TPSA) is 55.1 Å². The van der Waals surface area contributed by atoms with Crippen LogP contribution < -0.4 is 11.1 Å². The Kier molecular flexibility index (Phi) is 3.84. The summed E-state index contributed by atoms with van der Waals surface area (Å²) in [5.41, 5.74) is 7.70. The fraction of sp³-hybridized carbons (Fsp3) is 0.462. The molecule has 1 fully saturated rings. The maximum absolute atomic E-state index is 12.0. The van der Waals surface area contributed by atoms with Crippen LogP contribution in [0.15, 0.2) is 22.7 Å². The van der Waals surface area contributed by atoms with Crippen molar-refractivity contribution in [3.8, 4) is 0 Å². The van der Waals surface area contributed by atoms with Crippen LogP contribution >= 0.6 is 15.9 Å². The Morgan fingerprint density at radius 3 is 2.82 bits per heavy atom. The highest BCUT2D eigenvalue weighted by atomic mass is 79.9. The third-order valence-corrected chi connectivity index (χ3v) is 4.20. The number of rotatable bonds is 2. The molecule has 4 heteroatoms. The molecule has 1 aromatic rings. The number of carbonyl (C=O) groups excluding carboxylic acids is 1. The van der Waals surface area contributed by atoms with Gasteiger partial charge >= 0.3 is 0 Å². The summed E-state index contributed by atoms with van der Waals surface area (Å²) in [4.78, 5) is 12.0. The van der Waals surface area contributed by atoms with Gasteiger partial charge in [-0.15, -0.1) is 0 Å². The summed E-state index contributed by atoms with van der Waals surface area (Å²) in [5.74, 6) is -0.0250. The lowest BCUT2D eigenvalue weighted by molar-refractivity contribution is 0.0934. The Hall–Kier alpha value is -0.870. The third-order valence-electron chi connectivity index (χ3n) is 3.31. The van der Waals surface area contributed by atoms with Crippen LogP contribution in [0.5, 0.6) is 0 Å². The molecule has 0 radical (unpaired) electrons. The van der Waals surface area contributed by atoms with E-state index in [1.54, 1.807) is 0 Å². The number of halogens is 1. The lowest BCUT2D eigenvalue weighted by Gasteiger charge is -2.17. The normalized spacial score (nSPS) is 23.7. The lowest BCUT2D eigenvalue weighted by atomic mass is 10.1. The number of amides is 1. The summed E-state index contributed by atoms with van der Waals surface area (Å²) in [5, 5.41) is 3.01. The summed E-state index contributed by atoms with van der Waals surface area (Å²) in [6.07, 6.45) is 3.10. The predicted octanol–water partition coefficient (Wildman–Crippen LogP) is 2.37. The monoisotopic (exact) mass is 296 g/mol. The van der Waals surface area contributed by atoms with E-state index in [1.165, 1.54) is 0 Å². The number of carbonyl (C=O) groups is 1. The number of nitrogens with one attached hydrogen (secondary N) is 1. The molecule has 1 aliphatic carbocycles. The minimum absolute atomic E-state index is 0.0250. The molecule has 0 aliphatic heterocycles. The molecule has 92 valence electrons. The first-order valence-corrected chi connectivity index (χ1v) is 6.70. The molecular formula is C13H17BrN2O. The van der Waals surface area contributed by atoms with E-state index in [4.69, 9.17) is 5.73 Å². The second-order valence-corrected chi connectivity index (χ2v) is 5.49. The molecule has 1 aliphatic rings. The van der Waals surface area contributed by atoms with Gasteiger partial charge in [0.2, 0.25) is 0 Å². The van der Waals surface area contributed by atoms with E-state index in [2.05, 4.69) is 21.2 Å². The highest BCUT2D eigenvalue weighted by Gasteiger charge is 2.25. The smallest absolute Gasteiger partial charge is 0.251 e. The molecule has 1 aromatic carbocycles. The molecule has 0 spiro atoms. The van der Waals surface area contributed by atoms with E-state index in [0.717, 1.165) is 29.3 Å². The SMILES string of the molecule is Cc1cc(C(=O)NC2CCCC2N)ccc1Br. The van der Waals surface area contributed by atoms with Gasteiger partial charge in [0.1, 0.15) is 0 Å². The van der Waals surface area contributed by atoms with Crippen LogP contribution in [-0.2, 0) is 0 Å². The zero-order valence-electron chi connectivity index (χ0n) is 9.87. The summed E-state index contributed by atoms with van der Waals surface area (Å²) in [7, 11) is 0. The number of hydrogen-bond acceptors (Lipinski definition) is 2. The molecule has 3 N–H and O–H groups in total. The number of hydrogen-bond donors (Lipinski definition) is 2. The Labute approximate surface area is 110 Å². The van der Waals surface area contributed by atoms with E-state index in [0.29, 0.717) is 5.56 Å². The Morgan fingerprint density at radius 1 is 1.47 bits per heavy atom. The van der Waals surface area contributed by atoms with Gasteiger partial charge in [0.25, 0.3) is 5.91 Å². The van der Waals surface area contributed by atoms with Gasteiger partial charge in [0, 0.05) is 22.1 Å². The maximum atomic E-state index is 12.0. The maximum Gasteiger partial charge on any atom is 0.251 e. The van der Waals surface area contributed by atoms with Gasteiger partial charge < -0.3 is 11.1 Å². The molecule has 2 rings (SSSR count). The molecule has 17 heavy (non-hydrogen) atoms. The molecule has 2 atom stereocenters. The second kappa shape index (κ2) is 5.19. The molecule has 1 amide bonds. The van der Waals surface area contributed by atoms with Gasteiger partial charge in [-0.1, -0.05) is 15.9 Å². The van der Waals surface area contributed by atoms with E-state index >= 15 is 0 Å². The van der Waals surface area contributed by atoms with E-state index in [-0.39, 0.29) is 18.0 Å². The minimum Gasteiger partial charge on any atom is -0.348 e. The highest BCUT2D eigenvalue weighted by Crippen LogP contribution is 2.19. The Morgan fingerprint density at radius 2 is 2.24 bits per heavy atom. The van der Waals surface area contributed by atoms with Crippen molar-refractivity contribution in [2.45, 2.75) is 38.3 Å². The van der Waals surface area contributed by atoms with Crippen LogP contribution in [0.4, 0.5) is 0 Å². The van der Waals surface area contributed by atoms with Crippen molar-refractivity contribution in [1.29, 1.82) is 0 Å². The number of aryl methyl sites for hydroxylation is 1. The lowest BCUT2D eigenvalue weighted by Crippen LogP contribution is -2.43. The van der Waals surface area contributed by atoms with Gasteiger partial charge in [-0.25, -0.2) is 0 Å². The van der Waals surface area contributed by atoms with Crippen LogP contribution in [-0.4, -0.2) is 18.0 Å². The van der Waals surface area contributed by atoms with Crippen LogP contribution in [0, 0.1) is 6.92 Å². The fourth-order valence-corrected chi connectivity index (χ4v) is 2.45. The summed E-state index contributed by atoms with van der Waals surface area (Å²) in [6.45, 7) is 1.97.